The maximum Gasteiger partial charge on any atom is 0.416 e. The predicted molar refractivity (Wildman–Crippen MR) is 68.7 cm³/mol. The molecule has 1 fully saturated rings. The molecule has 1 aliphatic heterocycles. The first kappa shape index (κ1) is 14.3. The van der Waals surface area contributed by atoms with Crippen molar-refractivity contribution in [2.75, 3.05) is 19.6 Å². The van der Waals surface area contributed by atoms with Gasteiger partial charge in [0, 0.05) is 6.54 Å². The molecule has 106 valence electrons. The summed E-state index contributed by atoms with van der Waals surface area (Å²) < 4.78 is 38.4. The number of rotatable bonds is 4. The summed E-state index contributed by atoms with van der Waals surface area (Å²) in [7, 11) is 0. The Morgan fingerprint density at radius 2 is 2.05 bits per heavy atom. The smallest absolute Gasteiger partial charge is 0.316 e. The van der Waals surface area contributed by atoms with Crippen LogP contribution < -0.4 is 10.6 Å². The van der Waals surface area contributed by atoms with Gasteiger partial charge in [-0.25, -0.2) is 0 Å². The number of alkyl halides is 3. The number of hydrogen-bond acceptors (Lipinski definition) is 2. The average Bonchev–Trinajstić information content (AvgIpc) is 2.39. The van der Waals surface area contributed by atoms with Gasteiger partial charge in [0.1, 0.15) is 0 Å². The normalized spacial score (nSPS) is 20.5. The maximum atomic E-state index is 12.8. The van der Waals surface area contributed by atoms with Crippen LogP contribution in [0.4, 0.5) is 13.2 Å². The molecule has 19 heavy (non-hydrogen) atoms. The molecule has 0 radical (unpaired) electrons. The zero-order valence-electron chi connectivity index (χ0n) is 10.8. The van der Waals surface area contributed by atoms with E-state index in [1.54, 1.807) is 6.07 Å². The van der Waals surface area contributed by atoms with E-state index in [0.29, 0.717) is 11.5 Å². The van der Waals surface area contributed by atoms with Crippen molar-refractivity contribution in [1.29, 1.82) is 0 Å². The Bertz CT molecular complexity index is 398. The van der Waals surface area contributed by atoms with E-state index in [-0.39, 0.29) is 6.54 Å². The monoisotopic (exact) mass is 272 g/mol. The van der Waals surface area contributed by atoms with Crippen LogP contribution >= 0.6 is 0 Å². The first-order valence-corrected chi connectivity index (χ1v) is 6.64. The highest BCUT2D eigenvalue weighted by molar-refractivity contribution is 5.29. The molecule has 0 spiro atoms. The molecule has 0 amide bonds. The van der Waals surface area contributed by atoms with E-state index in [9.17, 15) is 13.2 Å². The highest BCUT2D eigenvalue weighted by atomic mass is 19.4. The van der Waals surface area contributed by atoms with Gasteiger partial charge in [-0.05, 0) is 50.0 Å². The summed E-state index contributed by atoms with van der Waals surface area (Å²) in [6, 6.07) is 5.75. The molecule has 2 N–H and O–H groups in total. The second-order valence-electron chi connectivity index (χ2n) is 5.00. The van der Waals surface area contributed by atoms with Crippen LogP contribution in [0.25, 0.3) is 0 Å². The Balaban J connectivity index is 1.88. The van der Waals surface area contributed by atoms with Crippen LogP contribution in [0, 0.1) is 5.92 Å². The fraction of sp³-hybridized carbons (Fsp3) is 0.571. The molecule has 0 bridgehead atoms. The minimum Gasteiger partial charge on any atom is -0.316 e. The van der Waals surface area contributed by atoms with Gasteiger partial charge < -0.3 is 10.6 Å². The van der Waals surface area contributed by atoms with Crippen LogP contribution in [0.1, 0.15) is 24.0 Å². The molecule has 1 unspecified atom stereocenters. The molecule has 1 saturated heterocycles. The van der Waals surface area contributed by atoms with Gasteiger partial charge in [-0.15, -0.1) is 0 Å². The second kappa shape index (κ2) is 6.39. The summed E-state index contributed by atoms with van der Waals surface area (Å²) in [6.07, 6.45) is -1.99. The molecule has 1 aromatic rings. The van der Waals surface area contributed by atoms with E-state index in [1.807, 2.05) is 0 Å². The second-order valence-corrected chi connectivity index (χ2v) is 5.00. The molecule has 5 heteroatoms. The topological polar surface area (TPSA) is 24.1 Å². The SMILES string of the molecule is FC(F)(F)c1ccccc1CNCC1CCCNC1. The summed E-state index contributed by atoms with van der Waals surface area (Å²) in [5, 5.41) is 6.44. The maximum absolute atomic E-state index is 12.8. The van der Waals surface area contributed by atoms with Gasteiger partial charge in [0.2, 0.25) is 0 Å². The van der Waals surface area contributed by atoms with Crippen molar-refractivity contribution in [1.82, 2.24) is 10.6 Å². The van der Waals surface area contributed by atoms with Crippen molar-refractivity contribution in [2.24, 2.45) is 5.92 Å². The highest BCUT2D eigenvalue weighted by Crippen LogP contribution is 2.31. The predicted octanol–water partition coefficient (Wildman–Crippen LogP) is 2.79. The van der Waals surface area contributed by atoms with Crippen molar-refractivity contribution >= 4 is 0 Å². The van der Waals surface area contributed by atoms with E-state index >= 15 is 0 Å². The number of halogens is 3. The summed E-state index contributed by atoms with van der Waals surface area (Å²) in [5.74, 6) is 0.520. The largest absolute Gasteiger partial charge is 0.416 e. The number of hydrogen-bond donors (Lipinski definition) is 2. The summed E-state index contributed by atoms with van der Waals surface area (Å²) >= 11 is 0. The zero-order chi connectivity index (χ0) is 13.7. The van der Waals surface area contributed by atoms with E-state index in [2.05, 4.69) is 10.6 Å². The van der Waals surface area contributed by atoms with Crippen molar-refractivity contribution in [3.8, 4) is 0 Å². The molecule has 2 rings (SSSR count). The molecule has 0 saturated carbocycles. The molecule has 1 aromatic carbocycles. The Kier molecular flexibility index (Phi) is 4.82. The Labute approximate surface area is 111 Å². The lowest BCUT2D eigenvalue weighted by atomic mass is 9.99. The first-order chi connectivity index (χ1) is 9.07. The van der Waals surface area contributed by atoms with Gasteiger partial charge in [-0.1, -0.05) is 18.2 Å². The lowest BCUT2D eigenvalue weighted by molar-refractivity contribution is -0.138. The molecular weight excluding hydrogens is 253 g/mol. The molecular formula is C14H19F3N2. The van der Waals surface area contributed by atoms with Crippen molar-refractivity contribution < 1.29 is 13.2 Å². The minimum atomic E-state index is -4.27. The first-order valence-electron chi connectivity index (χ1n) is 6.64. The quantitative estimate of drug-likeness (QED) is 0.880. The molecule has 0 aromatic heterocycles. The third kappa shape index (κ3) is 4.21. The summed E-state index contributed by atoms with van der Waals surface area (Å²) in [5.41, 5.74) is -0.219. The van der Waals surface area contributed by atoms with Crippen molar-refractivity contribution in [2.45, 2.75) is 25.6 Å². The number of benzene rings is 1. The average molecular weight is 272 g/mol. The van der Waals surface area contributed by atoms with Gasteiger partial charge in [-0.2, -0.15) is 13.2 Å². The fourth-order valence-corrected chi connectivity index (χ4v) is 2.46. The molecule has 1 heterocycles. The number of piperidine rings is 1. The van der Waals surface area contributed by atoms with Crippen LogP contribution in [0.2, 0.25) is 0 Å². The van der Waals surface area contributed by atoms with Crippen molar-refractivity contribution in [3.05, 3.63) is 35.4 Å². The van der Waals surface area contributed by atoms with E-state index in [0.717, 1.165) is 38.5 Å². The van der Waals surface area contributed by atoms with E-state index in [4.69, 9.17) is 0 Å². The lowest BCUT2D eigenvalue weighted by Gasteiger charge is -2.23. The van der Waals surface area contributed by atoms with Crippen LogP contribution in [-0.2, 0) is 12.7 Å². The van der Waals surface area contributed by atoms with Crippen LogP contribution in [0.15, 0.2) is 24.3 Å². The standard InChI is InChI=1S/C14H19F3N2/c15-14(16,17)13-6-2-1-5-12(13)10-19-9-11-4-3-7-18-8-11/h1-2,5-6,11,18-19H,3-4,7-10H2. The van der Waals surface area contributed by atoms with Gasteiger partial charge in [0.15, 0.2) is 0 Å². The fourth-order valence-electron chi connectivity index (χ4n) is 2.46. The zero-order valence-corrected chi connectivity index (χ0v) is 10.8. The van der Waals surface area contributed by atoms with Crippen LogP contribution in [-0.4, -0.2) is 19.6 Å². The lowest BCUT2D eigenvalue weighted by Crippen LogP contribution is -2.36. The van der Waals surface area contributed by atoms with Gasteiger partial charge in [0.25, 0.3) is 0 Å². The number of nitrogens with one attached hydrogen (secondary N) is 2. The summed E-state index contributed by atoms with van der Waals surface area (Å²) in [4.78, 5) is 0. The minimum absolute atomic E-state index is 0.270. The third-order valence-corrected chi connectivity index (χ3v) is 3.47. The Morgan fingerprint density at radius 3 is 2.74 bits per heavy atom. The van der Waals surface area contributed by atoms with Crippen LogP contribution in [0.3, 0.4) is 0 Å². The van der Waals surface area contributed by atoms with E-state index < -0.39 is 11.7 Å². The molecule has 2 nitrogen and oxygen atoms in total. The van der Waals surface area contributed by atoms with Crippen LogP contribution in [0.5, 0.6) is 0 Å². The Hall–Kier alpha value is -1.07. The third-order valence-electron chi connectivity index (χ3n) is 3.47. The van der Waals surface area contributed by atoms with E-state index in [1.165, 1.54) is 12.1 Å². The molecule has 0 aliphatic carbocycles. The molecule has 1 atom stereocenters. The molecule has 1 aliphatic rings. The Morgan fingerprint density at radius 1 is 1.26 bits per heavy atom. The van der Waals surface area contributed by atoms with Gasteiger partial charge in [0.05, 0.1) is 5.56 Å². The van der Waals surface area contributed by atoms with Gasteiger partial charge in [-0.3, -0.25) is 0 Å². The van der Waals surface area contributed by atoms with Gasteiger partial charge >= 0.3 is 6.18 Å². The summed E-state index contributed by atoms with van der Waals surface area (Å²) in [6.45, 7) is 3.03. The van der Waals surface area contributed by atoms with Crippen molar-refractivity contribution in [3.63, 3.8) is 0 Å². The highest BCUT2D eigenvalue weighted by Gasteiger charge is 2.32.